The van der Waals surface area contributed by atoms with Crippen LogP contribution in [-0.2, 0) is 14.0 Å². The fourth-order valence-electron chi connectivity index (χ4n) is 1.36. The largest absolute Gasteiger partial charge is 0.564 e. The second-order valence-corrected chi connectivity index (χ2v) is 10.0. The van der Waals surface area contributed by atoms with E-state index in [9.17, 15) is 87.4 Å². The smallest absolute Gasteiger partial charge is 0.281 e. The summed E-state index contributed by atoms with van der Waals surface area (Å²) >= 11 is 0. The van der Waals surface area contributed by atoms with E-state index >= 15 is 0 Å². The number of hydrogen-bond acceptors (Lipinski definition) is 3. The van der Waals surface area contributed by atoms with Gasteiger partial charge < -0.3 is 0 Å². The van der Waals surface area contributed by atoms with Gasteiger partial charge in [0.15, 0.2) is 0 Å². The average molecular weight is 534 g/mol. The van der Waals surface area contributed by atoms with Crippen LogP contribution in [0, 0.1) is 0 Å². The van der Waals surface area contributed by atoms with Crippen LogP contribution in [0.1, 0.15) is 0 Å². The molecule has 0 aliphatic carbocycles. The van der Waals surface area contributed by atoms with Gasteiger partial charge in [-0.15, -0.1) is 0 Å². The number of alkyl halides is 18. The lowest BCUT2D eigenvalue weighted by molar-refractivity contribution is -0.382. The summed E-state index contributed by atoms with van der Waals surface area (Å²) in [5.41, 5.74) is 0. The Bertz CT molecular complexity index is 702. The van der Waals surface area contributed by atoms with Crippen LogP contribution in [-0.4, -0.2) is 57.4 Å². The van der Waals surface area contributed by atoms with E-state index in [0.717, 1.165) is 0 Å². The van der Waals surface area contributed by atoms with Crippen molar-refractivity contribution in [3.05, 3.63) is 0 Å². The van der Waals surface area contributed by atoms with E-state index in [4.69, 9.17) is 0 Å². The van der Waals surface area contributed by atoms with Gasteiger partial charge >= 0.3 is 59.1 Å². The molecule has 0 saturated heterocycles. The normalized spacial score (nSPS) is 16.7. The minimum atomic E-state index is -10.3. The van der Waals surface area contributed by atoms with Crippen molar-refractivity contribution in [1.29, 1.82) is 0 Å². The summed E-state index contributed by atoms with van der Waals surface area (Å²) in [7, 11) is -19.4. The lowest BCUT2D eigenvalue weighted by atomic mass is 10.1. The zero-order valence-electron chi connectivity index (χ0n) is 12.4. The van der Waals surface area contributed by atoms with E-state index in [1.54, 1.807) is 0 Å². The van der Waals surface area contributed by atoms with E-state index in [-0.39, 0.29) is 0 Å². The lowest BCUT2D eigenvalue weighted by Gasteiger charge is -2.37. The predicted molar refractivity (Wildman–Crippen MR) is 54.8 cm³/mol. The van der Waals surface area contributed by atoms with Crippen LogP contribution in [0.15, 0.2) is 0 Å². The van der Waals surface area contributed by atoms with Crippen molar-refractivity contribution < 1.29 is 91.3 Å². The molecule has 23 heteroatoms. The van der Waals surface area contributed by atoms with Gasteiger partial charge in [-0.05, 0) is 0 Å². The van der Waals surface area contributed by atoms with Crippen LogP contribution in [0.2, 0.25) is 0 Å². The molecule has 0 aromatic heterocycles. The maximum absolute atomic E-state index is 13.2. The molecule has 30 heavy (non-hydrogen) atoms. The molecule has 0 aromatic rings. The molecule has 0 radical (unpaired) electrons. The molecular formula is C7F18O3SSi. The zero-order chi connectivity index (χ0) is 25.2. The summed E-state index contributed by atoms with van der Waals surface area (Å²) in [6.07, 6.45) is -7.80. The molecule has 0 atom stereocenters. The summed E-state index contributed by atoms with van der Waals surface area (Å²) in [6, 6.07) is 0. The first-order valence-corrected chi connectivity index (χ1v) is 9.13. The van der Waals surface area contributed by atoms with Crippen LogP contribution >= 0.6 is 0 Å². The first-order chi connectivity index (χ1) is 12.5. The SMILES string of the molecule is O=S(=O)(O[Si](C(F)(F)F)(C(F)(F)F)C(F)(F)F)C(F)(F)C(F)(F)C(F)(F)C(F)(F)F. The standard InChI is InChI=1S/C7F18O3SSi/c8-1(9,3(12,13)14)2(10,11)4(15,16)29(26,27)28-30(5(17,18)19,6(20,21)22)7(23,24)25. The summed E-state index contributed by atoms with van der Waals surface area (Å²) in [4.78, 5) is 0. The van der Waals surface area contributed by atoms with Crippen molar-refractivity contribution in [3.63, 3.8) is 0 Å². The van der Waals surface area contributed by atoms with E-state index in [1.807, 2.05) is 0 Å². The molecule has 0 spiro atoms. The van der Waals surface area contributed by atoms with E-state index in [1.165, 1.54) is 3.87 Å². The summed E-state index contributed by atoms with van der Waals surface area (Å²) in [5.74, 6) is -40.6. The second-order valence-electron chi connectivity index (χ2n) is 4.88. The van der Waals surface area contributed by atoms with Gasteiger partial charge in [0.1, 0.15) is 0 Å². The summed E-state index contributed by atoms with van der Waals surface area (Å²) in [5, 5.41) is -8.38. The monoisotopic (exact) mass is 534 g/mol. The Balaban J connectivity index is 7.03. The van der Waals surface area contributed by atoms with Crippen molar-refractivity contribution in [2.45, 2.75) is 40.7 Å². The Hall–Kier alpha value is -1.13. The molecule has 0 saturated carbocycles. The van der Waals surface area contributed by atoms with Crippen molar-refractivity contribution in [3.8, 4) is 0 Å². The topological polar surface area (TPSA) is 43.4 Å². The van der Waals surface area contributed by atoms with Gasteiger partial charge in [-0.3, -0.25) is 3.87 Å². The van der Waals surface area contributed by atoms with Gasteiger partial charge in [0.2, 0.25) is 0 Å². The van der Waals surface area contributed by atoms with E-state index in [0.29, 0.717) is 0 Å². The maximum Gasteiger partial charge on any atom is 0.564 e. The molecule has 0 aliphatic heterocycles. The highest BCUT2D eigenvalue weighted by Crippen LogP contribution is 2.58. The molecule has 3 nitrogen and oxygen atoms in total. The van der Waals surface area contributed by atoms with Crippen LogP contribution < -0.4 is 0 Å². The lowest BCUT2D eigenvalue weighted by Crippen LogP contribution is -2.75. The molecule has 0 unspecified atom stereocenters. The van der Waals surface area contributed by atoms with Gasteiger partial charge in [0.25, 0.3) is 0 Å². The Morgan fingerprint density at radius 2 is 0.767 bits per heavy atom. The van der Waals surface area contributed by atoms with Gasteiger partial charge in [-0.1, -0.05) is 0 Å². The molecular weight excluding hydrogens is 534 g/mol. The average Bonchev–Trinajstić information content (AvgIpc) is 2.38. The van der Waals surface area contributed by atoms with Crippen molar-refractivity contribution >= 4 is 18.4 Å². The highest BCUT2D eigenvalue weighted by molar-refractivity contribution is 7.89. The van der Waals surface area contributed by atoms with Gasteiger partial charge in [0.05, 0.1) is 0 Å². The molecule has 182 valence electrons. The van der Waals surface area contributed by atoms with Gasteiger partial charge in [-0.2, -0.15) is 87.4 Å². The Morgan fingerprint density at radius 3 is 0.967 bits per heavy atom. The van der Waals surface area contributed by atoms with Gasteiger partial charge in [0, 0.05) is 0 Å². The van der Waals surface area contributed by atoms with Crippen LogP contribution in [0.25, 0.3) is 0 Å². The highest BCUT2D eigenvalue weighted by Gasteiger charge is 2.94. The van der Waals surface area contributed by atoms with Crippen molar-refractivity contribution in [1.82, 2.24) is 0 Å². The third kappa shape index (κ3) is 3.90. The Labute approximate surface area is 151 Å². The molecule has 0 fully saturated rings. The number of halogens is 18. The minimum Gasteiger partial charge on any atom is -0.281 e. The minimum absolute atomic E-state index is 1.38. The fourth-order valence-corrected chi connectivity index (χ4v) is 5.63. The summed E-state index contributed by atoms with van der Waals surface area (Å²) < 4.78 is 248. The fraction of sp³-hybridized carbons (Fsp3) is 1.00. The number of rotatable bonds is 5. The van der Waals surface area contributed by atoms with Crippen LogP contribution in [0.4, 0.5) is 79.0 Å². The first-order valence-electron chi connectivity index (χ1n) is 5.81. The molecule has 0 bridgehead atoms. The molecule has 0 aromatic carbocycles. The zero-order valence-corrected chi connectivity index (χ0v) is 14.3. The maximum atomic E-state index is 13.2. The van der Waals surface area contributed by atoms with Crippen molar-refractivity contribution in [2.24, 2.45) is 0 Å². The third-order valence-electron chi connectivity index (χ3n) is 2.86. The molecule has 0 N–H and O–H groups in total. The molecule has 0 heterocycles. The van der Waals surface area contributed by atoms with Crippen LogP contribution in [0.5, 0.6) is 0 Å². The molecule has 0 rings (SSSR count). The molecule has 0 amide bonds. The predicted octanol–water partition coefficient (Wildman–Crippen LogP) is 5.01. The van der Waals surface area contributed by atoms with E-state index < -0.39 is 59.1 Å². The van der Waals surface area contributed by atoms with Crippen molar-refractivity contribution in [2.75, 3.05) is 0 Å². The van der Waals surface area contributed by atoms with Gasteiger partial charge in [-0.25, -0.2) is 0 Å². The van der Waals surface area contributed by atoms with E-state index in [2.05, 4.69) is 0 Å². The molecule has 0 aliphatic rings. The second kappa shape index (κ2) is 6.93. The third-order valence-corrected chi connectivity index (χ3v) is 8.02. The number of hydrogen-bond donors (Lipinski definition) is 0. The summed E-state index contributed by atoms with van der Waals surface area (Å²) in [6.45, 7) is 0. The first kappa shape index (κ1) is 28.9. The highest BCUT2D eigenvalue weighted by atomic mass is 32.2. The quantitative estimate of drug-likeness (QED) is 0.368. The Morgan fingerprint density at radius 1 is 0.500 bits per heavy atom. The van der Waals surface area contributed by atoms with Crippen LogP contribution in [0.3, 0.4) is 0 Å². The Kier molecular flexibility index (Phi) is 6.67.